The Balaban J connectivity index is 1.46. The Morgan fingerprint density at radius 1 is 1.04 bits per heavy atom. The molecule has 3 atom stereocenters. The molecule has 1 aliphatic rings. The minimum atomic E-state index is -0.0161. The van der Waals surface area contributed by atoms with Gasteiger partial charge in [-0.05, 0) is 51.5 Å². The highest BCUT2D eigenvalue weighted by Gasteiger charge is 2.17. The average Bonchev–Trinajstić information content (AvgIpc) is 2.60. The van der Waals surface area contributed by atoms with Gasteiger partial charge in [0.15, 0.2) is 6.29 Å². The van der Waals surface area contributed by atoms with Crippen LogP contribution >= 0.6 is 0 Å². The first-order valence-corrected chi connectivity index (χ1v) is 9.24. The summed E-state index contributed by atoms with van der Waals surface area (Å²) in [7, 11) is 0. The molecule has 0 radical (unpaired) electrons. The van der Waals surface area contributed by atoms with Crippen LogP contribution < -0.4 is 0 Å². The van der Waals surface area contributed by atoms with Gasteiger partial charge in [-0.3, -0.25) is 0 Å². The van der Waals surface area contributed by atoms with Crippen LogP contribution in [0.25, 0.3) is 0 Å². The summed E-state index contributed by atoms with van der Waals surface area (Å²) in [4.78, 5) is 0. The number of rotatable bonds is 11. The summed E-state index contributed by atoms with van der Waals surface area (Å²) in [5, 5.41) is 0. The number of benzene rings is 1. The zero-order chi connectivity index (χ0) is 17.0. The second kappa shape index (κ2) is 11.6. The van der Waals surface area contributed by atoms with E-state index in [2.05, 4.69) is 26.0 Å². The number of ether oxygens (including phenoxy) is 4. The van der Waals surface area contributed by atoms with Gasteiger partial charge >= 0.3 is 0 Å². The van der Waals surface area contributed by atoms with E-state index in [-0.39, 0.29) is 18.5 Å². The Labute approximate surface area is 146 Å². The summed E-state index contributed by atoms with van der Waals surface area (Å²) in [6.45, 7) is 7.12. The van der Waals surface area contributed by atoms with Crippen molar-refractivity contribution in [2.24, 2.45) is 0 Å². The van der Waals surface area contributed by atoms with E-state index in [0.29, 0.717) is 13.2 Å². The van der Waals surface area contributed by atoms with Crippen LogP contribution in [0.15, 0.2) is 30.3 Å². The lowest BCUT2D eigenvalue weighted by atomic mass is 10.2. The van der Waals surface area contributed by atoms with E-state index < -0.39 is 0 Å². The van der Waals surface area contributed by atoms with E-state index >= 15 is 0 Å². The van der Waals surface area contributed by atoms with E-state index in [1.54, 1.807) is 0 Å². The Kier molecular flexibility index (Phi) is 9.36. The fraction of sp³-hybridized carbons (Fsp3) is 0.700. The molecule has 2 rings (SSSR count). The molecule has 1 aliphatic heterocycles. The smallest absolute Gasteiger partial charge is 0.157 e. The summed E-state index contributed by atoms with van der Waals surface area (Å²) in [5.41, 5.74) is 1.21. The lowest BCUT2D eigenvalue weighted by molar-refractivity contribution is -0.187. The van der Waals surface area contributed by atoms with Crippen LogP contribution in [0.4, 0.5) is 0 Å². The second-order valence-electron chi connectivity index (χ2n) is 6.54. The Morgan fingerprint density at radius 3 is 2.58 bits per heavy atom. The largest absolute Gasteiger partial charge is 0.378 e. The van der Waals surface area contributed by atoms with Gasteiger partial charge in [-0.1, -0.05) is 30.3 Å². The van der Waals surface area contributed by atoms with Crippen molar-refractivity contribution in [1.82, 2.24) is 0 Å². The number of hydrogen-bond acceptors (Lipinski definition) is 4. The highest BCUT2D eigenvalue weighted by atomic mass is 16.7. The Morgan fingerprint density at radius 2 is 1.83 bits per heavy atom. The molecule has 1 heterocycles. The van der Waals surface area contributed by atoms with Crippen molar-refractivity contribution in [1.29, 1.82) is 0 Å². The predicted octanol–water partition coefficient (Wildman–Crippen LogP) is 4.32. The van der Waals surface area contributed by atoms with Gasteiger partial charge in [0.1, 0.15) is 0 Å². The van der Waals surface area contributed by atoms with E-state index in [1.165, 1.54) is 12.0 Å². The fourth-order valence-corrected chi connectivity index (χ4v) is 2.68. The van der Waals surface area contributed by atoms with Crippen molar-refractivity contribution in [3.63, 3.8) is 0 Å². The highest BCUT2D eigenvalue weighted by molar-refractivity contribution is 5.13. The topological polar surface area (TPSA) is 36.9 Å². The van der Waals surface area contributed by atoms with Crippen LogP contribution in [0, 0.1) is 0 Å². The van der Waals surface area contributed by atoms with Gasteiger partial charge in [0.05, 0.1) is 18.8 Å². The lowest BCUT2D eigenvalue weighted by Gasteiger charge is -2.26. The average molecular weight is 336 g/mol. The van der Waals surface area contributed by atoms with Gasteiger partial charge in [-0.2, -0.15) is 0 Å². The molecule has 1 fully saturated rings. The molecular formula is C20H32O4. The first-order valence-electron chi connectivity index (χ1n) is 9.24. The van der Waals surface area contributed by atoms with E-state index in [9.17, 15) is 0 Å². The molecule has 136 valence electrons. The van der Waals surface area contributed by atoms with Gasteiger partial charge < -0.3 is 18.9 Å². The summed E-state index contributed by atoms with van der Waals surface area (Å²) in [6.07, 6.45) is 5.55. The standard InChI is InChI=1S/C20H32O4/c1-17(11-14-21-16-19-8-4-3-5-9-19)22-15-12-18(2)24-20-10-6-7-13-23-20/h3-5,8-9,17-18,20H,6-7,10-16H2,1-2H3. The summed E-state index contributed by atoms with van der Waals surface area (Å²) < 4.78 is 23.0. The van der Waals surface area contributed by atoms with Crippen LogP contribution in [0.2, 0.25) is 0 Å². The molecule has 0 bridgehead atoms. The molecular weight excluding hydrogens is 304 g/mol. The third kappa shape index (κ3) is 8.25. The molecule has 24 heavy (non-hydrogen) atoms. The van der Waals surface area contributed by atoms with Crippen molar-refractivity contribution in [2.45, 2.75) is 71.1 Å². The first kappa shape index (κ1) is 19.4. The van der Waals surface area contributed by atoms with Gasteiger partial charge in [-0.25, -0.2) is 0 Å². The zero-order valence-electron chi connectivity index (χ0n) is 15.1. The van der Waals surface area contributed by atoms with Crippen LogP contribution in [0.3, 0.4) is 0 Å². The molecule has 1 aromatic rings. The van der Waals surface area contributed by atoms with Crippen molar-refractivity contribution in [2.75, 3.05) is 19.8 Å². The molecule has 4 heteroatoms. The summed E-state index contributed by atoms with van der Waals surface area (Å²) >= 11 is 0. The normalized spacial score (nSPS) is 20.7. The molecule has 0 aromatic heterocycles. The van der Waals surface area contributed by atoms with Crippen molar-refractivity contribution < 1.29 is 18.9 Å². The van der Waals surface area contributed by atoms with Crippen LogP contribution in [-0.4, -0.2) is 38.3 Å². The fourth-order valence-electron chi connectivity index (χ4n) is 2.68. The number of hydrogen-bond donors (Lipinski definition) is 0. The lowest BCUT2D eigenvalue weighted by Crippen LogP contribution is -2.27. The van der Waals surface area contributed by atoms with E-state index in [4.69, 9.17) is 18.9 Å². The minimum Gasteiger partial charge on any atom is -0.378 e. The first-order chi connectivity index (χ1) is 11.7. The molecule has 3 unspecified atom stereocenters. The Hall–Kier alpha value is -0.940. The van der Waals surface area contributed by atoms with Crippen molar-refractivity contribution in [3.8, 4) is 0 Å². The predicted molar refractivity (Wildman–Crippen MR) is 94.9 cm³/mol. The quantitative estimate of drug-likeness (QED) is 0.564. The molecule has 1 aromatic carbocycles. The third-order valence-electron chi connectivity index (χ3n) is 4.23. The third-order valence-corrected chi connectivity index (χ3v) is 4.23. The van der Waals surface area contributed by atoms with Crippen molar-refractivity contribution >= 4 is 0 Å². The molecule has 1 saturated heterocycles. The van der Waals surface area contributed by atoms with Gasteiger partial charge in [-0.15, -0.1) is 0 Å². The van der Waals surface area contributed by atoms with E-state index in [0.717, 1.165) is 38.9 Å². The molecule has 0 saturated carbocycles. The second-order valence-corrected chi connectivity index (χ2v) is 6.54. The maximum Gasteiger partial charge on any atom is 0.157 e. The Bertz CT molecular complexity index is 417. The highest BCUT2D eigenvalue weighted by Crippen LogP contribution is 2.16. The van der Waals surface area contributed by atoms with Gasteiger partial charge in [0.2, 0.25) is 0 Å². The molecule has 0 spiro atoms. The monoisotopic (exact) mass is 336 g/mol. The maximum absolute atomic E-state index is 5.89. The maximum atomic E-state index is 5.89. The van der Waals surface area contributed by atoms with Crippen LogP contribution in [-0.2, 0) is 25.6 Å². The SMILES string of the molecule is CC(CCOCc1ccccc1)OCCC(C)OC1CCCCO1. The minimum absolute atomic E-state index is 0.0161. The summed E-state index contributed by atoms with van der Waals surface area (Å²) in [6, 6.07) is 10.2. The molecule has 0 amide bonds. The molecule has 4 nitrogen and oxygen atoms in total. The molecule has 0 N–H and O–H groups in total. The van der Waals surface area contributed by atoms with Crippen LogP contribution in [0.1, 0.15) is 51.5 Å². The van der Waals surface area contributed by atoms with Crippen LogP contribution in [0.5, 0.6) is 0 Å². The van der Waals surface area contributed by atoms with Gasteiger partial charge in [0, 0.05) is 19.8 Å². The summed E-state index contributed by atoms with van der Waals surface area (Å²) in [5.74, 6) is 0. The van der Waals surface area contributed by atoms with Crippen molar-refractivity contribution in [3.05, 3.63) is 35.9 Å². The van der Waals surface area contributed by atoms with E-state index in [1.807, 2.05) is 18.2 Å². The van der Waals surface area contributed by atoms with Gasteiger partial charge in [0.25, 0.3) is 0 Å². The molecule has 0 aliphatic carbocycles. The zero-order valence-corrected chi connectivity index (χ0v) is 15.1.